The summed E-state index contributed by atoms with van der Waals surface area (Å²) in [6.45, 7) is 1.93. The average molecular weight is 186 g/mol. The van der Waals surface area contributed by atoms with Crippen molar-refractivity contribution in [3.8, 4) is 12.3 Å². The Hall–Kier alpha value is -0.620. The van der Waals surface area contributed by atoms with Crippen LogP contribution in [0.1, 0.15) is 26.2 Å². The highest BCUT2D eigenvalue weighted by atomic mass is 32.2. The first kappa shape index (κ1) is 11.4. The number of terminal acetylenes is 1. The lowest BCUT2D eigenvalue weighted by molar-refractivity contribution is -0.136. The van der Waals surface area contributed by atoms with Gasteiger partial charge in [-0.15, -0.1) is 12.3 Å². The van der Waals surface area contributed by atoms with Crippen LogP contribution < -0.4 is 0 Å². The van der Waals surface area contributed by atoms with Crippen LogP contribution >= 0.6 is 11.8 Å². The van der Waals surface area contributed by atoms with Crippen molar-refractivity contribution < 1.29 is 9.90 Å². The number of hydrogen-bond donors (Lipinski definition) is 1. The summed E-state index contributed by atoms with van der Waals surface area (Å²) in [6.07, 6.45) is 7.07. The van der Waals surface area contributed by atoms with Gasteiger partial charge in [0.25, 0.3) is 0 Å². The number of rotatable bonds is 6. The van der Waals surface area contributed by atoms with Gasteiger partial charge >= 0.3 is 5.97 Å². The second-order valence-corrected chi connectivity index (χ2v) is 4.13. The average Bonchev–Trinajstić information content (AvgIpc) is 1.97. The maximum Gasteiger partial charge on any atom is 0.304 e. The molecule has 1 unspecified atom stereocenters. The van der Waals surface area contributed by atoms with Crippen LogP contribution in [0.15, 0.2) is 0 Å². The van der Waals surface area contributed by atoms with Crippen molar-refractivity contribution in [1.82, 2.24) is 0 Å². The van der Waals surface area contributed by atoms with Gasteiger partial charge in [-0.05, 0) is 12.2 Å². The van der Waals surface area contributed by atoms with E-state index in [0.29, 0.717) is 0 Å². The Morgan fingerprint density at radius 3 is 2.92 bits per heavy atom. The largest absolute Gasteiger partial charge is 0.481 e. The summed E-state index contributed by atoms with van der Waals surface area (Å²) in [5.74, 6) is 2.78. The molecule has 12 heavy (non-hydrogen) atoms. The summed E-state index contributed by atoms with van der Waals surface area (Å²) in [6, 6.07) is 0. The molecule has 0 aromatic heterocycles. The summed E-state index contributed by atoms with van der Waals surface area (Å²) in [7, 11) is 0. The zero-order valence-corrected chi connectivity index (χ0v) is 8.06. The molecule has 0 saturated heterocycles. The number of hydrogen-bond acceptors (Lipinski definition) is 2. The third-order valence-electron chi connectivity index (χ3n) is 1.33. The molecule has 0 aliphatic carbocycles. The standard InChI is InChI=1S/C9H14O2S/c1-3-4-5-6-12-8(2)7-9(10)11/h1,8H,4-7H2,2H3,(H,10,11). The highest BCUT2D eigenvalue weighted by molar-refractivity contribution is 7.99. The van der Waals surface area contributed by atoms with Crippen LogP contribution in [0.5, 0.6) is 0 Å². The second-order valence-electron chi connectivity index (χ2n) is 2.59. The molecule has 2 nitrogen and oxygen atoms in total. The van der Waals surface area contributed by atoms with Crippen LogP contribution in [0.25, 0.3) is 0 Å². The van der Waals surface area contributed by atoms with E-state index in [-0.39, 0.29) is 11.7 Å². The van der Waals surface area contributed by atoms with E-state index in [0.717, 1.165) is 18.6 Å². The number of thioether (sulfide) groups is 1. The Labute approximate surface area is 77.7 Å². The van der Waals surface area contributed by atoms with Gasteiger partial charge in [-0.3, -0.25) is 4.79 Å². The van der Waals surface area contributed by atoms with Gasteiger partial charge in [-0.1, -0.05) is 6.92 Å². The number of carboxylic acid groups (broad SMARTS) is 1. The van der Waals surface area contributed by atoms with E-state index < -0.39 is 5.97 Å². The normalized spacial score (nSPS) is 12.0. The lowest BCUT2D eigenvalue weighted by Crippen LogP contribution is -2.06. The van der Waals surface area contributed by atoms with Gasteiger partial charge < -0.3 is 5.11 Å². The predicted octanol–water partition coefficient (Wildman–Crippen LogP) is 2.00. The Kier molecular flexibility index (Phi) is 6.69. The van der Waals surface area contributed by atoms with Gasteiger partial charge in [0.1, 0.15) is 0 Å². The molecule has 0 rings (SSSR count). The van der Waals surface area contributed by atoms with Crippen LogP contribution in [0, 0.1) is 12.3 Å². The van der Waals surface area contributed by atoms with E-state index in [2.05, 4.69) is 5.92 Å². The molecule has 0 aromatic carbocycles. The van der Waals surface area contributed by atoms with Crippen molar-refractivity contribution in [3.05, 3.63) is 0 Å². The smallest absolute Gasteiger partial charge is 0.304 e. The third-order valence-corrected chi connectivity index (χ3v) is 2.59. The predicted molar refractivity (Wildman–Crippen MR) is 52.2 cm³/mol. The number of unbranched alkanes of at least 4 members (excludes halogenated alkanes) is 1. The van der Waals surface area contributed by atoms with Gasteiger partial charge in [0.2, 0.25) is 0 Å². The maximum absolute atomic E-state index is 10.3. The van der Waals surface area contributed by atoms with Crippen molar-refractivity contribution in [2.75, 3.05) is 5.75 Å². The molecule has 0 radical (unpaired) electrons. The zero-order chi connectivity index (χ0) is 9.40. The second kappa shape index (κ2) is 7.05. The Morgan fingerprint density at radius 2 is 2.42 bits per heavy atom. The fraction of sp³-hybridized carbons (Fsp3) is 0.667. The minimum absolute atomic E-state index is 0.195. The van der Waals surface area contributed by atoms with Crippen LogP contribution in [0.3, 0.4) is 0 Å². The molecule has 0 heterocycles. The van der Waals surface area contributed by atoms with E-state index in [9.17, 15) is 4.79 Å². The van der Waals surface area contributed by atoms with E-state index in [1.54, 1.807) is 11.8 Å². The fourth-order valence-corrected chi connectivity index (χ4v) is 1.74. The molecule has 0 fully saturated rings. The number of aliphatic carboxylic acids is 1. The van der Waals surface area contributed by atoms with Gasteiger partial charge in [0.05, 0.1) is 6.42 Å². The summed E-state index contributed by atoms with van der Waals surface area (Å²) < 4.78 is 0. The first-order valence-corrected chi connectivity index (χ1v) is 4.98. The van der Waals surface area contributed by atoms with Crippen LogP contribution in [-0.4, -0.2) is 22.1 Å². The molecule has 3 heteroatoms. The molecule has 0 spiro atoms. The van der Waals surface area contributed by atoms with Gasteiger partial charge in [-0.2, -0.15) is 11.8 Å². The SMILES string of the molecule is C#CCCCSC(C)CC(=O)O. The van der Waals surface area contributed by atoms with Crippen molar-refractivity contribution in [1.29, 1.82) is 0 Å². The summed E-state index contributed by atoms with van der Waals surface area (Å²) >= 11 is 1.67. The van der Waals surface area contributed by atoms with Crippen LogP contribution in [0.2, 0.25) is 0 Å². The molecule has 0 amide bonds. The Balaban J connectivity index is 3.26. The molecule has 1 N–H and O–H groups in total. The topological polar surface area (TPSA) is 37.3 Å². The molecular formula is C9H14O2S. The van der Waals surface area contributed by atoms with Gasteiger partial charge in [-0.25, -0.2) is 0 Å². The molecule has 0 aliphatic heterocycles. The monoisotopic (exact) mass is 186 g/mol. The van der Waals surface area contributed by atoms with Gasteiger partial charge in [0.15, 0.2) is 0 Å². The molecule has 1 atom stereocenters. The minimum atomic E-state index is -0.730. The molecule has 0 aromatic rings. The lowest BCUT2D eigenvalue weighted by Gasteiger charge is -2.06. The van der Waals surface area contributed by atoms with Gasteiger partial charge in [0, 0.05) is 11.7 Å². The molecule has 0 bridgehead atoms. The highest BCUT2D eigenvalue weighted by Crippen LogP contribution is 2.15. The van der Waals surface area contributed by atoms with Crippen LogP contribution in [-0.2, 0) is 4.79 Å². The number of carboxylic acids is 1. The van der Waals surface area contributed by atoms with E-state index >= 15 is 0 Å². The molecular weight excluding hydrogens is 172 g/mol. The Morgan fingerprint density at radius 1 is 1.75 bits per heavy atom. The minimum Gasteiger partial charge on any atom is -0.481 e. The van der Waals surface area contributed by atoms with Crippen LogP contribution in [0.4, 0.5) is 0 Å². The highest BCUT2D eigenvalue weighted by Gasteiger charge is 2.06. The number of carbonyl (C=O) groups is 1. The van der Waals surface area contributed by atoms with Crippen molar-refractivity contribution in [2.24, 2.45) is 0 Å². The van der Waals surface area contributed by atoms with E-state index in [4.69, 9.17) is 11.5 Å². The maximum atomic E-state index is 10.3. The Bertz CT molecular complexity index is 172. The first-order valence-electron chi connectivity index (χ1n) is 3.93. The lowest BCUT2D eigenvalue weighted by atomic mass is 10.3. The molecule has 0 aliphatic rings. The van der Waals surface area contributed by atoms with E-state index in [1.165, 1.54) is 0 Å². The summed E-state index contributed by atoms with van der Waals surface area (Å²) in [5.41, 5.74) is 0. The summed E-state index contributed by atoms with van der Waals surface area (Å²) in [4.78, 5) is 10.3. The van der Waals surface area contributed by atoms with E-state index in [1.807, 2.05) is 6.92 Å². The summed E-state index contributed by atoms with van der Waals surface area (Å²) in [5, 5.41) is 8.64. The van der Waals surface area contributed by atoms with Crippen molar-refractivity contribution >= 4 is 17.7 Å². The first-order chi connectivity index (χ1) is 5.66. The van der Waals surface area contributed by atoms with Crippen molar-refractivity contribution in [2.45, 2.75) is 31.4 Å². The zero-order valence-electron chi connectivity index (χ0n) is 7.25. The molecule has 68 valence electrons. The third kappa shape index (κ3) is 7.49. The van der Waals surface area contributed by atoms with Crippen molar-refractivity contribution in [3.63, 3.8) is 0 Å². The fourth-order valence-electron chi connectivity index (χ4n) is 0.764. The molecule has 0 saturated carbocycles. The quantitative estimate of drug-likeness (QED) is 0.509.